The van der Waals surface area contributed by atoms with Gasteiger partial charge in [0.05, 0.1) is 0 Å². The lowest BCUT2D eigenvalue weighted by molar-refractivity contribution is -0.347. The topological polar surface area (TPSA) is 116 Å². The molecule has 13 heavy (non-hydrogen) atoms. The van der Waals surface area contributed by atoms with Crippen molar-refractivity contribution < 1.29 is 34.9 Å². The predicted molar refractivity (Wildman–Crippen MR) is 36.0 cm³/mol. The van der Waals surface area contributed by atoms with Gasteiger partial charge in [-0.1, -0.05) is 0 Å². The second-order valence-electron chi connectivity index (χ2n) is 3.17. The highest BCUT2D eigenvalue weighted by Gasteiger charge is 2.82. The fourth-order valence-corrected chi connectivity index (χ4v) is 1.48. The average Bonchev–Trinajstić information content (AvgIpc) is 2.87. The predicted octanol–water partition coefficient (Wildman–Crippen LogP) is -3.41. The van der Waals surface area contributed by atoms with Gasteiger partial charge in [-0.2, -0.15) is 4.52 Å². The van der Waals surface area contributed by atoms with E-state index in [2.05, 4.69) is 4.89 Å². The van der Waals surface area contributed by atoms with Crippen LogP contribution in [0.3, 0.4) is 0 Å². The van der Waals surface area contributed by atoms with Gasteiger partial charge in [0, 0.05) is 0 Å². The molecular weight excluding hydrogens is 184 g/mol. The highest BCUT2D eigenvalue weighted by Crippen LogP contribution is 2.50. The first kappa shape index (κ1) is 9.28. The maximum atomic E-state index is 9.36. The number of aliphatic hydroxyl groups excluding tert-OH is 5. The van der Waals surface area contributed by atoms with Crippen LogP contribution in [-0.4, -0.2) is 62.5 Å². The molecule has 7 nitrogen and oxygen atoms in total. The normalized spacial score (nSPS) is 56.1. The molecule has 0 bridgehead atoms. The second kappa shape index (κ2) is 2.61. The lowest BCUT2D eigenvalue weighted by atomic mass is 9.98. The van der Waals surface area contributed by atoms with Gasteiger partial charge < -0.3 is 25.5 Å². The molecule has 2 saturated heterocycles. The summed E-state index contributed by atoms with van der Waals surface area (Å²) in [5, 5.41) is 45.8. The zero-order chi connectivity index (χ0) is 9.80. The third-order valence-electron chi connectivity index (χ3n) is 2.40. The minimum Gasteiger partial charge on any atom is -0.387 e. The molecule has 0 radical (unpaired) electrons. The third-order valence-corrected chi connectivity index (χ3v) is 2.40. The molecule has 0 spiro atoms. The maximum absolute atomic E-state index is 9.36. The van der Waals surface area contributed by atoms with Crippen molar-refractivity contribution in [1.29, 1.82) is 0 Å². The van der Waals surface area contributed by atoms with Crippen molar-refractivity contribution in [3.8, 4) is 0 Å². The summed E-state index contributed by atoms with van der Waals surface area (Å²) in [6, 6.07) is 0. The summed E-state index contributed by atoms with van der Waals surface area (Å²) in [6.07, 6.45) is -6.07. The molecule has 76 valence electrons. The van der Waals surface area contributed by atoms with Gasteiger partial charge in [0.25, 0.3) is 0 Å². The summed E-state index contributed by atoms with van der Waals surface area (Å²) in [6.45, 7) is -0.598. The van der Waals surface area contributed by atoms with Crippen LogP contribution < -0.4 is 0 Å². The second-order valence-corrected chi connectivity index (χ2v) is 3.17. The standard InChI is InChI=1S/C6H11O7/c7-1-6-4(10)2(8)3(9)5(11)13(6)12-6/h2-5,7-11H,1H2/q+1/t2-,3+,4+,5+,6-/m1/s1. The Kier molecular flexibility index (Phi) is 1.86. The summed E-state index contributed by atoms with van der Waals surface area (Å²) >= 11 is 0. The molecule has 7 heteroatoms. The quantitative estimate of drug-likeness (QED) is 0.169. The summed E-state index contributed by atoms with van der Waals surface area (Å²) < 4.78 is 1.70. The van der Waals surface area contributed by atoms with Crippen LogP contribution in [0.4, 0.5) is 0 Å². The van der Waals surface area contributed by atoms with Crippen LogP contribution in [0.15, 0.2) is 0 Å². The molecule has 2 rings (SSSR count). The lowest BCUT2D eigenvalue weighted by Crippen LogP contribution is -2.58. The van der Waals surface area contributed by atoms with Gasteiger partial charge in [-0.05, 0) is 4.89 Å². The molecule has 0 amide bonds. The van der Waals surface area contributed by atoms with Gasteiger partial charge in [0.1, 0.15) is 6.10 Å². The molecule has 5 N–H and O–H groups in total. The Bertz CT molecular complexity index is 221. The molecule has 0 aromatic carbocycles. The van der Waals surface area contributed by atoms with Crippen LogP contribution >= 0.6 is 0 Å². The Balaban J connectivity index is 2.22. The van der Waals surface area contributed by atoms with Crippen molar-refractivity contribution in [3.05, 3.63) is 0 Å². The van der Waals surface area contributed by atoms with Crippen LogP contribution in [0, 0.1) is 0 Å². The molecule has 5 atom stereocenters. The molecule has 2 aliphatic rings. The van der Waals surface area contributed by atoms with E-state index in [1.165, 1.54) is 0 Å². The molecule has 0 aliphatic carbocycles. The minimum absolute atomic E-state index is 0.598. The molecular formula is C6H11O7+. The Labute approximate surface area is 73.0 Å². The summed E-state index contributed by atoms with van der Waals surface area (Å²) in [4.78, 5) is 4.66. The van der Waals surface area contributed by atoms with E-state index in [-0.39, 0.29) is 0 Å². The van der Waals surface area contributed by atoms with Crippen molar-refractivity contribution in [2.24, 2.45) is 0 Å². The maximum Gasteiger partial charge on any atom is 0.432 e. The van der Waals surface area contributed by atoms with Gasteiger partial charge in [-0.25, -0.2) is 0 Å². The summed E-state index contributed by atoms with van der Waals surface area (Å²) in [5.74, 6) is -1.53. The van der Waals surface area contributed by atoms with Crippen LogP contribution in [0.5, 0.6) is 0 Å². The zero-order valence-electron chi connectivity index (χ0n) is 6.57. The van der Waals surface area contributed by atoms with Crippen molar-refractivity contribution in [2.45, 2.75) is 30.4 Å². The molecule has 0 aromatic rings. The number of hydrogen-bond donors (Lipinski definition) is 5. The Morgan fingerprint density at radius 1 is 1.15 bits per heavy atom. The van der Waals surface area contributed by atoms with E-state index in [9.17, 15) is 15.3 Å². The average molecular weight is 195 g/mol. The van der Waals surface area contributed by atoms with Gasteiger partial charge >= 0.3 is 12.1 Å². The highest BCUT2D eigenvalue weighted by molar-refractivity contribution is 5.00. The monoisotopic (exact) mass is 195 g/mol. The molecule has 2 heterocycles. The summed E-state index contributed by atoms with van der Waals surface area (Å²) in [5.41, 5.74) is 0. The van der Waals surface area contributed by atoms with Crippen molar-refractivity contribution in [3.63, 3.8) is 0 Å². The molecule has 0 unspecified atom stereocenters. The van der Waals surface area contributed by atoms with Crippen LogP contribution in [-0.2, 0) is 9.41 Å². The lowest BCUT2D eigenvalue weighted by Gasteiger charge is -2.26. The van der Waals surface area contributed by atoms with Crippen LogP contribution in [0.25, 0.3) is 0 Å². The smallest absolute Gasteiger partial charge is 0.387 e. The molecule has 0 saturated carbocycles. The number of hydrogen-bond acceptors (Lipinski definition) is 6. The zero-order valence-corrected chi connectivity index (χ0v) is 6.57. The largest absolute Gasteiger partial charge is 0.432 e. The van der Waals surface area contributed by atoms with E-state index >= 15 is 0 Å². The van der Waals surface area contributed by atoms with Gasteiger partial charge in [0.15, 0.2) is 18.8 Å². The van der Waals surface area contributed by atoms with E-state index in [0.29, 0.717) is 0 Å². The molecule has 0 aromatic heterocycles. The van der Waals surface area contributed by atoms with E-state index < -0.39 is 37.0 Å². The first-order valence-corrected chi connectivity index (χ1v) is 3.80. The van der Waals surface area contributed by atoms with Crippen molar-refractivity contribution in [2.75, 3.05) is 6.61 Å². The molecule has 2 fully saturated rings. The van der Waals surface area contributed by atoms with E-state index in [1.807, 2.05) is 0 Å². The Morgan fingerprint density at radius 3 is 2.31 bits per heavy atom. The van der Waals surface area contributed by atoms with Gasteiger partial charge in [-0.15, -0.1) is 0 Å². The number of fused-ring (bicyclic) bond motifs is 1. The number of aliphatic hydroxyl groups is 5. The van der Waals surface area contributed by atoms with Gasteiger partial charge in [-0.3, -0.25) is 0 Å². The first-order chi connectivity index (χ1) is 6.04. The van der Waals surface area contributed by atoms with E-state index in [0.717, 1.165) is 0 Å². The Morgan fingerprint density at radius 2 is 1.77 bits per heavy atom. The van der Waals surface area contributed by atoms with Crippen molar-refractivity contribution >= 4 is 0 Å². The first-order valence-electron chi connectivity index (χ1n) is 3.80. The third kappa shape index (κ3) is 0.974. The summed E-state index contributed by atoms with van der Waals surface area (Å²) in [7, 11) is 0. The van der Waals surface area contributed by atoms with E-state index in [4.69, 9.17) is 10.2 Å². The van der Waals surface area contributed by atoms with Gasteiger partial charge in [0.2, 0.25) is 0 Å². The number of rotatable bonds is 1. The Hall–Kier alpha value is -0.280. The van der Waals surface area contributed by atoms with E-state index in [1.54, 1.807) is 4.52 Å². The fourth-order valence-electron chi connectivity index (χ4n) is 1.48. The van der Waals surface area contributed by atoms with Crippen molar-refractivity contribution in [1.82, 2.24) is 0 Å². The van der Waals surface area contributed by atoms with Crippen LogP contribution in [0.2, 0.25) is 0 Å². The van der Waals surface area contributed by atoms with Crippen LogP contribution in [0.1, 0.15) is 0 Å². The SMILES string of the molecule is OC[C@@]12O[O+]1[C@H](O)[C@@H](O)[C@@H](O)[C@@H]2O. The highest BCUT2D eigenvalue weighted by atomic mass is 17.5. The minimum atomic E-state index is -1.55. The fraction of sp³-hybridized carbons (Fsp3) is 1.00. The molecule has 2 aliphatic heterocycles.